The number of para-hydroxylation sites is 1. The van der Waals surface area contributed by atoms with Crippen molar-refractivity contribution in [1.29, 1.82) is 0 Å². The second-order valence-corrected chi connectivity index (χ2v) is 5.77. The van der Waals surface area contributed by atoms with Crippen LogP contribution in [0.1, 0.15) is 12.5 Å². The van der Waals surface area contributed by atoms with Crippen molar-refractivity contribution in [1.82, 2.24) is 10.2 Å². The Morgan fingerprint density at radius 3 is 2.90 bits per heavy atom. The van der Waals surface area contributed by atoms with Crippen LogP contribution in [0.25, 0.3) is 0 Å². The van der Waals surface area contributed by atoms with Crippen LogP contribution < -0.4 is 10.1 Å². The third-order valence-corrected chi connectivity index (χ3v) is 4.04. The molecule has 2 aliphatic heterocycles. The lowest BCUT2D eigenvalue weighted by molar-refractivity contribution is 0.0339. The minimum Gasteiger partial charge on any atom is -0.488 e. The highest BCUT2D eigenvalue weighted by molar-refractivity contribution is 5.37. The Morgan fingerprint density at radius 1 is 1.30 bits per heavy atom. The fraction of sp³-hybridized carbons (Fsp3) is 0.625. The molecule has 2 aliphatic rings. The summed E-state index contributed by atoms with van der Waals surface area (Å²) >= 11 is 0. The molecular weight excluding hydrogens is 252 g/mol. The molecule has 0 aliphatic carbocycles. The molecule has 0 bridgehead atoms. The Labute approximate surface area is 121 Å². The molecule has 0 amide bonds. The van der Waals surface area contributed by atoms with Crippen molar-refractivity contribution in [2.75, 3.05) is 39.4 Å². The molecule has 0 aromatic heterocycles. The molecule has 1 aromatic rings. The van der Waals surface area contributed by atoms with Gasteiger partial charge in [0.25, 0.3) is 0 Å². The van der Waals surface area contributed by atoms with E-state index in [2.05, 4.69) is 35.3 Å². The fourth-order valence-corrected chi connectivity index (χ4v) is 2.94. The Morgan fingerprint density at radius 2 is 2.10 bits per heavy atom. The maximum atomic E-state index is 5.95. The second-order valence-electron chi connectivity index (χ2n) is 5.77. The van der Waals surface area contributed by atoms with Gasteiger partial charge in [-0.1, -0.05) is 18.2 Å². The zero-order valence-corrected chi connectivity index (χ0v) is 12.2. The van der Waals surface area contributed by atoms with E-state index in [9.17, 15) is 0 Å². The number of ether oxygens (including phenoxy) is 2. The van der Waals surface area contributed by atoms with E-state index >= 15 is 0 Å². The zero-order valence-electron chi connectivity index (χ0n) is 12.2. The highest BCUT2D eigenvalue weighted by atomic mass is 16.5. The number of benzene rings is 1. The number of morpholine rings is 1. The van der Waals surface area contributed by atoms with E-state index in [1.165, 1.54) is 5.56 Å². The van der Waals surface area contributed by atoms with Crippen LogP contribution in [0.4, 0.5) is 0 Å². The first kappa shape index (κ1) is 13.9. The largest absolute Gasteiger partial charge is 0.488 e. The van der Waals surface area contributed by atoms with Gasteiger partial charge >= 0.3 is 0 Å². The van der Waals surface area contributed by atoms with Gasteiger partial charge in [-0.3, -0.25) is 4.90 Å². The first-order valence-corrected chi connectivity index (χ1v) is 7.59. The molecule has 0 radical (unpaired) electrons. The summed E-state index contributed by atoms with van der Waals surface area (Å²) in [6, 6.07) is 8.83. The van der Waals surface area contributed by atoms with Crippen LogP contribution in [0.15, 0.2) is 24.3 Å². The number of rotatable bonds is 5. The van der Waals surface area contributed by atoms with Gasteiger partial charge in [-0.25, -0.2) is 0 Å². The Bertz CT molecular complexity index is 407. The number of fused-ring (bicyclic) bond motifs is 1. The van der Waals surface area contributed by atoms with E-state index in [-0.39, 0.29) is 6.10 Å². The maximum absolute atomic E-state index is 5.95. The molecule has 0 saturated carbocycles. The van der Waals surface area contributed by atoms with Crippen LogP contribution >= 0.6 is 0 Å². The molecule has 2 heterocycles. The van der Waals surface area contributed by atoms with Crippen LogP contribution in [0, 0.1) is 0 Å². The minimum atomic E-state index is 0.277. The molecule has 4 nitrogen and oxygen atoms in total. The van der Waals surface area contributed by atoms with Crippen molar-refractivity contribution < 1.29 is 9.47 Å². The average molecular weight is 276 g/mol. The molecule has 1 N–H and O–H groups in total. The molecule has 110 valence electrons. The summed E-state index contributed by atoms with van der Waals surface area (Å²) in [4.78, 5) is 2.46. The average Bonchev–Trinajstić information content (AvgIpc) is 2.89. The lowest BCUT2D eigenvalue weighted by Gasteiger charge is -2.29. The summed E-state index contributed by atoms with van der Waals surface area (Å²) in [5.74, 6) is 1.06. The summed E-state index contributed by atoms with van der Waals surface area (Å²) in [6.45, 7) is 8.09. The van der Waals surface area contributed by atoms with Crippen LogP contribution in [-0.2, 0) is 11.2 Å². The van der Waals surface area contributed by atoms with E-state index in [0.29, 0.717) is 6.04 Å². The minimum absolute atomic E-state index is 0.277. The van der Waals surface area contributed by atoms with Crippen molar-refractivity contribution >= 4 is 0 Å². The Kier molecular flexibility index (Phi) is 4.55. The molecule has 1 fully saturated rings. The summed E-state index contributed by atoms with van der Waals surface area (Å²) in [5.41, 5.74) is 1.33. The third kappa shape index (κ3) is 3.51. The van der Waals surface area contributed by atoms with Crippen LogP contribution in [0.2, 0.25) is 0 Å². The van der Waals surface area contributed by atoms with Gasteiger partial charge in [0.15, 0.2) is 0 Å². The molecule has 2 atom stereocenters. The summed E-state index contributed by atoms with van der Waals surface area (Å²) in [5, 5.41) is 3.60. The normalized spacial score (nSPS) is 24.1. The summed E-state index contributed by atoms with van der Waals surface area (Å²) < 4.78 is 11.3. The Balaban J connectivity index is 1.39. The lowest BCUT2D eigenvalue weighted by atomic mass is 10.1. The van der Waals surface area contributed by atoms with E-state index in [4.69, 9.17) is 9.47 Å². The van der Waals surface area contributed by atoms with Gasteiger partial charge < -0.3 is 14.8 Å². The van der Waals surface area contributed by atoms with Crippen LogP contribution in [0.3, 0.4) is 0 Å². The van der Waals surface area contributed by atoms with Gasteiger partial charge in [0.1, 0.15) is 11.9 Å². The molecule has 1 aromatic carbocycles. The number of nitrogens with zero attached hydrogens (tertiary/aromatic N) is 1. The van der Waals surface area contributed by atoms with Gasteiger partial charge in [0.2, 0.25) is 0 Å². The standard InChI is InChI=1S/C16H24N2O2/c1-13(12-18-6-8-19-9-7-18)17-11-15-10-14-4-2-3-5-16(14)20-15/h2-5,13,15,17H,6-12H2,1H3. The quantitative estimate of drug-likeness (QED) is 0.879. The molecule has 0 spiro atoms. The van der Waals surface area contributed by atoms with Crippen molar-refractivity contribution in [3.05, 3.63) is 29.8 Å². The SMILES string of the molecule is CC(CN1CCOCC1)NCC1Cc2ccccc2O1. The predicted octanol–water partition coefficient (Wildman–Crippen LogP) is 1.30. The topological polar surface area (TPSA) is 33.7 Å². The van der Waals surface area contributed by atoms with E-state index in [1.54, 1.807) is 0 Å². The highest BCUT2D eigenvalue weighted by Gasteiger charge is 2.22. The molecule has 20 heavy (non-hydrogen) atoms. The van der Waals surface area contributed by atoms with E-state index < -0.39 is 0 Å². The van der Waals surface area contributed by atoms with Crippen molar-refractivity contribution in [2.45, 2.75) is 25.5 Å². The molecule has 1 saturated heterocycles. The van der Waals surface area contributed by atoms with Crippen molar-refractivity contribution in [3.8, 4) is 5.75 Å². The number of hydrogen-bond donors (Lipinski definition) is 1. The van der Waals surface area contributed by atoms with E-state index in [1.807, 2.05) is 6.07 Å². The lowest BCUT2D eigenvalue weighted by Crippen LogP contribution is -2.46. The fourth-order valence-electron chi connectivity index (χ4n) is 2.94. The highest BCUT2D eigenvalue weighted by Crippen LogP contribution is 2.27. The third-order valence-electron chi connectivity index (χ3n) is 4.04. The van der Waals surface area contributed by atoms with Gasteiger partial charge in [0.05, 0.1) is 13.2 Å². The summed E-state index contributed by atoms with van der Waals surface area (Å²) in [6.07, 6.45) is 1.30. The maximum Gasteiger partial charge on any atom is 0.123 e. The van der Waals surface area contributed by atoms with Crippen molar-refractivity contribution in [3.63, 3.8) is 0 Å². The molecule has 3 rings (SSSR count). The van der Waals surface area contributed by atoms with Gasteiger partial charge in [-0.2, -0.15) is 0 Å². The Hall–Kier alpha value is -1.10. The van der Waals surface area contributed by atoms with Crippen LogP contribution in [-0.4, -0.2) is 56.4 Å². The molecule has 4 heteroatoms. The van der Waals surface area contributed by atoms with Gasteiger partial charge in [0, 0.05) is 38.6 Å². The monoisotopic (exact) mass is 276 g/mol. The molecule has 2 unspecified atom stereocenters. The summed E-state index contributed by atoms with van der Waals surface area (Å²) in [7, 11) is 0. The zero-order chi connectivity index (χ0) is 13.8. The second kappa shape index (κ2) is 6.57. The molecular formula is C16H24N2O2. The smallest absolute Gasteiger partial charge is 0.123 e. The van der Waals surface area contributed by atoms with E-state index in [0.717, 1.165) is 51.6 Å². The van der Waals surface area contributed by atoms with Crippen molar-refractivity contribution in [2.24, 2.45) is 0 Å². The van der Waals surface area contributed by atoms with Gasteiger partial charge in [-0.05, 0) is 18.6 Å². The van der Waals surface area contributed by atoms with Crippen LogP contribution in [0.5, 0.6) is 5.75 Å². The number of hydrogen-bond acceptors (Lipinski definition) is 4. The predicted molar refractivity (Wildman–Crippen MR) is 79.3 cm³/mol. The number of nitrogens with one attached hydrogen (secondary N) is 1. The van der Waals surface area contributed by atoms with Gasteiger partial charge in [-0.15, -0.1) is 0 Å². The first-order valence-electron chi connectivity index (χ1n) is 7.59. The first-order chi connectivity index (χ1) is 9.81.